The van der Waals surface area contributed by atoms with Crippen molar-refractivity contribution >= 4 is 11.6 Å². The highest BCUT2D eigenvalue weighted by Gasteiger charge is 2.53. The molecular weight excluding hydrogens is 276 g/mol. The lowest BCUT2D eigenvalue weighted by Gasteiger charge is -2.51. The van der Waals surface area contributed by atoms with Crippen LogP contribution in [0.15, 0.2) is 42.5 Å². The third-order valence-corrected chi connectivity index (χ3v) is 6.55. The standard InChI is InChI=1S/C20H19Cl/c21-15-9-10-19-17(11-15)16-3-1-2-4-18(16)20(19)12-13-5-7-14(20)8-6-13/h1-4,9-11,13-14H,5-8,12H2. The molecule has 3 fully saturated rings. The van der Waals surface area contributed by atoms with E-state index in [0.717, 1.165) is 16.9 Å². The molecule has 21 heavy (non-hydrogen) atoms. The Morgan fingerprint density at radius 2 is 1.62 bits per heavy atom. The van der Waals surface area contributed by atoms with E-state index in [4.69, 9.17) is 11.6 Å². The molecule has 1 heteroatoms. The highest BCUT2D eigenvalue weighted by molar-refractivity contribution is 6.31. The first kappa shape index (κ1) is 12.3. The van der Waals surface area contributed by atoms with E-state index in [2.05, 4.69) is 42.5 Å². The van der Waals surface area contributed by atoms with E-state index < -0.39 is 0 Å². The minimum absolute atomic E-state index is 0.289. The van der Waals surface area contributed by atoms with Crippen LogP contribution in [0.5, 0.6) is 0 Å². The second-order valence-electron chi connectivity index (χ2n) is 7.13. The van der Waals surface area contributed by atoms with Crippen LogP contribution in [-0.4, -0.2) is 0 Å². The molecule has 4 aliphatic carbocycles. The summed E-state index contributed by atoms with van der Waals surface area (Å²) in [6.45, 7) is 0. The van der Waals surface area contributed by atoms with E-state index in [1.807, 2.05) is 0 Å². The van der Waals surface area contributed by atoms with Gasteiger partial charge in [0.05, 0.1) is 0 Å². The van der Waals surface area contributed by atoms with Gasteiger partial charge in [0.15, 0.2) is 0 Å². The zero-order valence-corrected chi connectivity index (χ0v) is 12.9. The predicted molar refractivity (Wildman–Crippen MR) is 87.7 cm³/mol. The Labute approximate surface area is 131 Å². The van der Waals surface area contributed by atoms with Crippen LogP contribution in [0.2, 0.25) is 5.02 Å². The Balaban J connectivity index is 1.84. The van der Waals surface area contributed by atoms with Crippen LogP contribution in [0.4, 0.5) is 0 Å². The van der Waals surface area contributed by atoms with Gasteiger partial charge in [-0.05, 0) is 65.5 Å². The normalized spacial score (nSPS) is 32.2. The lowest BCUT2D eigenvalue weighted by Crippen LogP contribution is -2.44. The van der Waals surface area contributed by atoms with E-state index in [1.54, 1.807) is 11.1 Å². The van der Waals surface area contributed by atoms with Crippen LogP contribution in [-0.2, 0) is 5.41 Å². The summed E-state index contributed by atoms with van der Waals surface area (Å²) >= 11 is 6.30. The van der Waals surface area contributed by atoms with E-state index in [1.165, 1.54) is 43.2 Å². The van der Waals surface area contributed by atoms with Gasteiger partial charge in [0.25, 0.3) is 0 Å². The summed E-state index contributed by atoms with van der Waals surface area (Å²) in [5.41, 5.74) is 6.25. The molecule has 3 saturated carbocycles. The second-order valence-corrected chi connectivity index (χ2v) is 7.57. The molecule has 0 aromatic heterocycles. The maximum Gasteiger partial charge on any atom is 0.0412 e. The first-order valence-electron chi connectivity index (χ1n) is 8.19. The van der Waals surface area contributed by atoms with Gasteiger partial charge < -0.3 is 0 Å². The van der Waals surface area contributed by atoms with Gasteiger partial charge in [-0.2, -0.15) is 0 Å². The number of benzene rings is 2. The molecule has 106 valence electrons. The Kier molecular flexibility index (Phi) is 2.42. The molecule has 0 amide bonds. The molecule has 0 heterocycles. The van der Waals surface area contributed by atoms with Crippen molar-refractivity contribution in [3.8, 4) is 11.1 Å². The van der Waals surface area contributed by atoms with Gasteiger partial charge in [-0.15, -0.1) is 0 Å². The van der Waals surface area contributed by atoms with Crippen LogP contribution in [0.3, 0.4) is 0 Å². The highest BCUT2D eigenvalue weighted by atomic mass is 35.5. The monoisotopic (exact) mass is 294 g/mol. The fourth-order valence-electron chi connectivity index (χ4n) is 5.52. The average molecular weight is 295 g/mol. The van der Waals surface area contributed by atoms with Crippen molar-refractivity contribution in [3.05, 3.63) is 58.6 Å². The average Bonchev–Trinajstić information content (AvgIpc) is 2.79. The number of halogens is 1. The first-order chi connectivity index (χ1) is 10.3. The van der Waals surface area contributed by atoms with Gasteiger partial charge in [0.1, 0.15) is 0 Å². The van der Waals surface area contributed by atoms with Gasteiger partial charge in [0.2, 0.25) is 0 Å². The van der Waals surface area contributed by atoms with Crippen LogP contribution in [0.1, 0.15) is 43.2 Å². The third kappa shape index (κ3) is 1.47. The zero-order chi connectivity index (χ0) is 14.0. The summed E-state index contributed by atoms with van der Waals surface area (Å²) in [7, 11) is 0. The topological polar surface area (TPSA) is 0 Å². The Morgan fingerprint density at radius 3 is 2.38 bits per heavy atom. The lowest BCUT2D eigenvalue weighted by atomic mass is 9.52. The Bertz CT molecular complexity index is 724. The van der Waals surface area contributed by atoms with Crippen molar-refractivity contribution in [2.24, 2.45) is 11.8 Å². The Hall–Kier alpha value is -1.27. The molecule has 0 nitrogen and oxygen atoms in total. The largest absolute Gasteiger partial charge is 0.0843 e. The lowest BCUT2D eigenvalue weighted by molar-refractivity contribution is 0.0945. The van der Waals surface area contributed by atoms with Gasteiger partial charge >= 0.3 is 0 Å². The summed E-state index contributed by atoms with van der Waals surface area (Å²) in [5, 5.41) is 0.863. The van der Waals surface area contributed by atoms with Crippen molar-refractivity contribution in [1.82, 2.24) is 0 Å². The molecule has 6 rings (SSSR count). The minimum atomic E-state index is 0.289. The maximum absolute atomic E-state index is 6.30. The predicted octanol–water partition coefficient (Wildman–Crippen LogP) is 5.82. The molecule has 4 aliphatic rings. The molecule has 0 N–H and O–H groups in total. The van der Waals surface area contributed by atoms with Crippen molar-refractivity contribution in [2.75, 3.05) is 0 Å². The first-order valence-corrected chi connectivity index (χ1v) is 8.57. The fourth-order valence-corrected chi connectivity index (χ4v) is 5.69. The van der Waals surface area contributed by atoms with E-state index in [9.17, 15) is 0 Å². The van der Waals surface area contributed by atoms with Crippen LogP contribution >= 0.6 is 11.6 Å². The van der Waals surface area contributed by atoms with E-state index >= 15 is 0 Å². The number of rotatable bonds is 0. The molecule has 0 aliphatic heterocycles. The fraction of sp³-hybridized carbons (Fsp3) is 0.400. The van der Waals surface area contributed by atoms with Gasteiger partial charge in [-0.25, -0.2) is 0 Å². The molecule has 2 bridgehead atoms. The van der Waals surface area contributed by atoms with E-state index in [-0.39, 0.29) is 5.41 Å². The molecule has 1 unspecified atom stereocenters. The number of hydrogen-bond acceptors (Lipinski definition) is 0. The summed E-state index contributed by atoms with van der Waals surface area (Å²) in [6, 6.07) is 15.7. The van der Waals surface area contributed by atoms with Crippen LogP contribution in [0.25, 0.3) is 11.1 Å². The van der Waals surface area contributed by atoms with Gasteiger partial charge in [-0.1, -0.05) is 54.8 Å². The van der Waals surface area contributed by atoms with Crippen molar-refractivity contribution < 1.29 is 0 Å². The smallest absolute Gasteiger partial charge is 0.0412 e. The SMILES string of the molecule is Clc1ccc2c(c1)-c1ccccc1C21CC2CCC1CC2. The highest BCUT2D eigenvalue weighted by Crippen LogP contribution is 2.63. The Morgan fingerprint density at radius 1 is 0.857 bits per heavy atom. The van der Waals surface area contributed by atoms with Crippen molar-refractivity contribution in [3.63, 3.8) is 0 Å². The number of fused-ring (bicyclic) bond motifs is 5. The summed E-state index contributed by atoms with van der Waals surface area (Å²) in [6.07, 6.45) is 7.04. The molecule has 0 saturated heterocycles. The summed E-state index contributed by atoms with van der Waals surface area (Å²) < 4.78 is 0. The van der Waals surface area contributed by atoms with Gasteiger partial charge in [0, 0.05) is 10.4 Å². The zero-order valence-electron chi connectivity index (χ0n) is 12.1. The molecule has 1 spiro atoms. The van der Waals surface area contributed by atoms with E-state index in [0.29, 0.717) is 0 Å². The molecular formula is C20H19Cl. The number of hydrogen-bond donors (Lipinski definition) is 0. The molecule has 0 radical (unpaired) electrons. The van der Waals surface area contributed by atoms with Crippen LogP contribution in [0, 0.1) is 11.8 Å². The molecule has 2 aromatic rings. The van der Waals surface area contributed by atoms with Crippen molar-refractivity contribution in [2.45, 2.75) is 37.5 Å². The van der Waals surface area contributed by atoms with Crippen molar-refractivity contribution in [1.29, 1.82) is 0 Å². The summed E-state index contributed by atoms with van der Waals surface area (Å²) in [5.74, 6) is 1.75. The quantitative estimate of drug-likeness (QED) is 0.574. The molecule has 1 atom stereocenters. The minimum Gasteiger partial charge on any atom is -0.0843 e. The van der Waals surface area contributed by atoms with Gasteiger partial charge in [-0.3, -0.25) is 0 Å². The molecule has 2 aromatic carbocycles. The summed E-state index contributed by atoms with van der Waals surface area (Å²) in [4.78, 5) is 0. The second kappa shape index (κ2) is 4.14. The van der Waals surface area contributed by atoms with Crippen LogP contribution < -0.4 is 0 Å². The maximum atomic E-state index is 6.30. The third-order valence-electron chi connectivity index (χ3n) is 6.31.